The summed E-state index contributed by atoms with van der Waals surface area (Å²) in [5.74, 6) is -1.08. The first-order chi connectivity index (χ1) is 9.70. The number of nitrogens with two attached hydrogens (primary N) is 1. The highest BCUT2D eigenvalue weighted by atomic mass is 16.5. The predicted molar refractivity (Wildman–Crippen MR) is 73.6 cm³/mol. The van der Waals surface area contributed by atoms with Gasteiger partial charge < -0.3 is 20.7 Å². The molecule has 0 bridgehead atoms. The third-order valence-corrected chi connectivity index (χ3v) is 3.17. The molecule has 1 aromatic rings. The molecule has 6 nitrogen and oxygen atoms in total. The Morgan fingerprint density at radius 2 is 1.95 bits per heavy atom. The summed E-state index contributed by atoms with van der Waals surface area (Å²) >= 11 is 0. The van der Waals surface area contributed by atoms with Crippen LogP contribution in [0.25, 0.3) is 0 Å². The molecule has 0 atom stereocenters. The lowest BCUT2D eigenvalue weighted by atomic mass is 10.1. The van der Waals surface area contributed by atoms with E-state index in [4.69, 9.17) is 10.5 Å². The number of hydrogen-bond acceptors (Lipinski definition) is 4. The van der Waals surface area contributed by atoms with Crippen LogP contribution < -0.4 is 11.1 Å². The van der Waals surface area contributed by atoms with E-state index in [0.717, 1.165) is 11.1 Å². The van der Waals surface area contributed by atoms with Crippen LogP contribution in [-0.4, -0.2) is 43.0 Å². The largest absolute Gasteiger partial charge is 0.378 e. The number of carbonyl (C=O) groups is 2. The second kappa shape index (κ2) is 7.02. The summed E-state index contributed by atoms with van der Waals surface area (Å²) in [6, 6.07) is 7.61. The van der Waals surface area contributed by atoms with Crippen molar-refractivity contribution in [3.63, 3.8) is 0 Å². The normalized spacial score (nSPS) is 14.9. The van der Waals surface area contributed by atoms with Gasteiger partial charge in [-0.3, -0.25) is 9.59 Å². The van der Waals surface area contributed by atoms with Gasteiger partial charge in [0.25, 0.3) is 0 Å². The SMILES string of the molecule is NCc1cccc(CNC(=O)C(=O)N2CCOCC2)c1. The lowest BCUT2D eigenvalue weighted by Crippen LogP contribution is -2.47. The molecule has 1 saturated heterocycles. The van der Waals surface area contributed by atoms with Crippen molar-refractivity contribution in [1.82, 2.24) is 10.2 Å². The lowest BCUT2D eigenvalue weighted by Gasteiger charge is -2.26. The minimum Gasteiger partial charge on any atom is -0.378 e. The maximum Gasteiger partial charge on any atom is 0.312 e. The molecule has 0 aliphatic carbocycles. The van der Waals surface area contributed by atoms with Gasteiger partial charge in [0.2, 0.25) is 0 Å². The van der Waals surface area contributed by atoms with Gasteiger partial charge in [-0.05, 0) is 11.1 Å². The number of hydrogen-bond donors (Lipinski definition) is 2. The fourth-order valence-electron chi connectivity index (χ4n) is 2.03. The molecule has 1 aliphatic heterocycles. The molecule has 3 N–H and O–H groups in total. The molecule has 2 amide bonds. The molecule has 0 aromatic heterocycles. The Hall–Kier alpha value is -1.92. The van der Waals surface area contributed by atoms with Gasteiger partial charge >= 0.3 is 11.8 Å². The van der Waals surface area contributed by atoms with E-state index >= 15 is 0 Å². The van der Waals surface area contributed by atoms with E-state index in [-0.39, 0.29) is 0 Å². The van der Waals surface area contributed by atoms with Crippen molar-refractivity contribution >= 4 is 11.8 Å². The summed E-state index contributed by atoms with van der Waals surface area (Å²) in [5, 5.41) is 2.64. The topological polar surface area (TPSA) is 84.7 Å². The van der Waals surface area contributed by atoms with Gasteiger partial charge in [0, 0.05) is 26.2 Å². The minimum atomic E-state index is -0.579. The molecular formula is C14H19N3O3. The maximum absolute atomic E-state index is 11.9. The van der Waals surface area contributed by atoms with Gasteiger partial charge in [0.05, 0.1) is 13.2 Å². The Labute approximate surface area is 117 Å². The number of benzene rings is 1. The van der Waals surface area contributed by atoms with Crippen LogP contribution in [0.2, 0.25) is 0 Å². The molecule has 108 valence electrons. The van der Waals surface area contributed by atoms with Gasteiger partial charge in [0.1, 0.15) is 0 Å². The van der Waals surface area contributed by atoms with Crippen LogP contribution >= 0.6 is 0 Å². The van der Waals surface area contributed by atoms with E-state index in [2.05, 4.69) is 5.32 Å². The first-order valence-electron chi connectivity index (χ1n) is 6.63. The van der Waals surface area contributed by atoms with E-state index < -0.39 is 11.8 Å². The summed E-state index contributed by atoms with van der Waals surface area (Å²) < 4.78 is 5.15. The van der Waals surface area contributed by atoms with E-state index in [9.17, 15) is 9.59 Å². The molecule has 6 heteroatoms. The van der Waals surface area contributed by atoms with Crippen LogP contribution in [0, 0.1) is 0 Å². The molecule has 0 spiro atoms. The van der Waals surface area contributed by atoms with Gasteiger partial charge in [-0.1, -0.05) is 24.3 Å². The van der Waals surface area contributed by atoms with Crippen molar-refractivity contribution < 1.29 is 14.3 Å². The number of rotatable bonds is 3. The molecule has 1 fully saturated rings. The van der Waals surface area contributed by atoms with Crippen molar-refractivity contribution in [2.45, 2.75) is 13.1 Å². The highest BCUT2D eigenvalue weighted by Gasteiger charge is 2.23. The summed E-state index contributed by atoms with van der Waals surface area (Å²) in [6.45, 7) is 2.68. The smallest absolute Gasteiger partial charge is 0.312 e. The predicted octanol–water partition coefficient (Wildman–Crippen LogP) is -0.380. The van der Waals surface area contributed by atoms with Crippen molar-refractivity contribution in [3.05, 3.63) is 35.4 Å². The zero-order valence-corrected chi connectivity index (χ0v) is 11.3. The Bertz CT molecular complexity index is 484. The Morgan fingerprint density at radius 1 is 1.25 bits per heavy atom. The minimum absolute atomic E-state index is 0.322. The molecule has 0 radical (unpaired) electrons. The van der Waals surface area contributed by atoms with E-state index in [1.54, 1.807) is 0 Å². The molecule has 1 aromatic carbocycles. The molecule has 1 aliphatic rings. The van der Waals surface area contributed by atoms with Crippen LogP contribution in [0.3, 0.4) is 0 Å². The average Bonchev–Trinajstić information content (AvgIpc) is 2.53. The number of carbonyl (C=O) groups excluding carboxylic acids is 2. The summed E-state index contributed by atoms with van der Waals surface area (Å²) in [5.41, 5.74) is 7.48. The maximum atomic E-state index is 11.9. The fourth-order valence-corrected chi connectivity index (χ4v) is 2.03. The zero-order chi connectivity index (χ0) is 14.4. The average molecular weight is 277 g/mol. The van der Waals surface area contributed by atoms with E-state index in [1.807, 2.05) is 24.3 Å². The fraction of sp³-hybridized carbons (Fsp3) is 0.429. The number of nitrogens with one attached hydrogen (secondary N) is 1. The number of morpholine rings is 1. The van der Waals surface area contributed by atoms with Crippen LogP contribution in [0.15, 0.2) is 24.3 Å². The monoisotopic (exact) mass is 277 g/mol. The van der Waals surface area contributed by atoms with Gasteiger partial charge in [-0.25, -0.2) is 0 Å². The van der Waals surface area contributed by atoms with Crippen molar-refractivity contribution in [2.75, 3.05) is 26.3 Å². The third-order valence-electron chi connectivity index (χ3n) is 3.17. The summed E-state index contributed by atoms with van der Waals surface area (Å²) in [7, 11) is 0. The third kappa shape index (κ3) is 3.79. The molecule has 2 rings (SSSR count). The molecule has 0 unspecified atom stereocenters. The zero-order valence-electron chi connectivity index (χ0n) is 11.3. The van der Waals surface area contributed by atoms with Crippen molar-refractivity contribution in [2.24, 2.45) is 5.73 Å². The van der Waals surface area contributed by atoms with Crippen LogP contribution in [0.5, 0.6) is 0 Å². The van der Waals surface area contributed by atoms with E-state index in [1.165, 1.54) is 4.90 Å². The highest BCUT2D eigenvalue weighted by molar-refractivity contribution is 6.34. The van der Waals surface area contributed by atoms with Gasteiger partial charge in [-0.15, -0.1) is 0 Å². The quantitative estimate of drug-likeness (QED) is 0.738. The Kier molecular flexibility index (Phi) is 5.09. The molecule has 0 saturated carbocycles. The summed E-state index contributed by atoms with van der Waals surface area (Å²) in [4.78, 5) is 25.2. The lowest BCUT2D eigenvalue weighted by molar-refractivity contribution is -0.148. The second-order valence-corrected chi connectivity index (χ2v) is 4.61. The standard InChI is InChI=1S/C14H19N3O3/c15-9-11-2-1-3-12(8-11)10-16-13(18)14(19)17-4-6-20-7-5-17/h1-3,8H,4-7,9-10,15H2,(H,16,18). The highest BCUT2D eigenvalue weighted by Crippen LogP contribution is 2.04. The molecular weight excluding hydrogens is 258 g/mol. The number of ether oxygens (including phenoxy) is 1. The first-order valence-corrected chi connectivity index (χ1v) is 6.63. The number of amides is 2. The van der Waals surface area contributed by atoms with E-state index in [0.29, 0.717) is 39.4 Å². The van der Waals surface area contributed by atoms with Crippen molar-refractivity contribution in [1.29, 1.82) is 0 Å². The Balaban J connectivity index is 1.86. The van der Waals surface area contributed by atoms with Gasteiger partial charge in [0.15, 0.2) is 0 Å². The second-order valence-electron chi connectivity index (χ2n) is 4.61. The van der Waals surface area contributed by atoms with Gasteiger partial charge in [-0.2, -0.15) is 0 Å². The molecule has 20 heavy (non-hydrogen) atoms. The molecule has 1 heterocycles. The van der Waals surface area contributed by atoms with Crippen LogP contribution in [0.4, 0.5) is 0 Å². The number of nitrogens with zero attached hydrogens (tertiary/aromatic N) is 1. The summed E-state index contributed by atoms with van der Waals surface area (Å²) in [6.07, 6.45) is 0. The Morgan fingerprint density at radius 3 is 2.65 bits per heavy atom. The van der Waals surface area contributed by atoms with Crippen molar-refractivity contribution in [3.8, 4) is 0 Å². The first kappa shape index (κ1) is 14.5. The van der Waals surface area contributed by atoms with Crippen LogP contribution in [0.1, 0.15) is 11.1 Å². The van der Waals surface area contributed by atoms with Crippen LogP contribution in [-0.2, 0) is 27.4 Å².